The summed E-state index contributed by atoms with van der Waals surface area (Å²) in [5.41, 5.74) is 5.92. The summed E-state index contributed by atoms with van der Waals surface area (Å²) in [4.78, 5) is 0. The Bertz CT molecular complexity index is 280. The fourth-order valence-electron chi connectivity index (χ4n) is 0.942. The van der Waals surface area contributed by atoms with E-state index in [0.717, 1.165) is 6.07 Å². The maximum absolute atomic E-state index is 12.7. The minimum Gasteiger partial charge on any atom is -0.423 e. The van der Waals surface area contributed by atoms with Gasteiger partial charge in [-0.1, -0.05) is 6.07 Å². The highest BCUT2D eigenvalue weighted by atomic mass is 19.1. The third kappa shape index (κ3) is 2.04. The summed E-state index contributed by atoms with van der Waals surface area (Å²) in [7, 11) is -1.65. The molecule has 0 fully saturated rings. The molecule has 4 N–H and O–H groups in total. The van der Waals surface area contributed by atoms with Crippen molar-refractivity contribution in [2.75, 3.05) is 0 Å². The minimum absolute atomic E-state index is 0.121. The van der Waals surface area contributed by atoms with Crippen molar-refractivity contribution < 1.29 is 14.4 Å². The topological polar surface area (TPSA) is 66.5 Å². The highest BCUT2D eigenvalue weighted by molar-refractivity contribution is 6.58. The molecule has 0 aromatic heterocycles. The summed E-state index contributed by atoms with van der Waals surface area (Å²) in [5.74, 6) is -0.513. The molecule has 0 radical (unpaired) electrons. The average Bonchev–Trinajstić information content (AvgIpc) is 2.03. The molecule has 12 heavy (non-hydrogen) atoms. The third-order valence-corrected chi connectivity index (χ3v) is 1.51. The molecule has 0 saturated heterocycles. The summed E-state index contributed by atoms with van der Waals surface area (Å²) in [6, 6.07) is 3.77. The Kier molecular flexibility index (Phi) is 2.81. The standard InChI is InChI=1S/C7H9BFNO2/c9-7-2-5(4-10)1-6(3-7)8(11)12/h1-3,11-12H,4,10H2. The van der Waals surface area contributed by atoms with E-state index in [2.05, 4.69) is 0 Å². The van der Waals surface area contributed by atoms with Gasteiger partial charge in [0.1, 0.15) is 5.82 Å². The Hall–Kier alpha value is -0.905. The predicted octanol–water partition coefficient (Wildman–Crippen LogP) is -1.04. The highest BCUT2D eigenvalue weighted by Crippen LogP contribution is 2.00. The SMILES string of the molecule is NCc1cc(F)cc(B(O)O)c1. The van der Waals surface area contributed by atoms with Gasteiger partial charge < -0.3 is 15.8 Å². The summed E-state index contributed by atoms with van der Waals surface area (Å²) >= 11 is 0. The quantitative estimate of drug-likeness (QED) is 0.495. The zero-order valence-corrected chi connectivity index (χ0v) is 6.37. The predicted molar refractivity (Wildman–Crippen MR) is 44.1 cm³/mol. The molecule has 1 rings (SSSR count). The molecule has 0 spiro atoms. The number of benzene rings is 1. The Morgan fingerprint density at radius 3 is 2.50 bits per heavy atom. The molecule has 3 nitrogen and oxygen atoms in total. The number of hydrogen-bond donors (Lipinski definition) is 3. The normalized spacial score (nSPS) is 10.0. The zero-order chi connectivity index (χ0) is 9.14. The molecule has 0 aliphatic rings. The molecule has 0 unspecified atom stereocenters. The molecule has 0 aliphatic heterocycles. The lowest BCUT2D eigenvalue weighted by Gasteiger charge is -2.02. The van der Waals surface area contributed by atoms with Crippen LogP contribution in [0.1, 0.15) is 5.56 Å². The van der Waals surface area contributed by atoms with Crippen molar-refractivity contribution in [2.45, 2.75) is 6.54 Å². The zero-order valence-electron chi connectivity index (χ0n) is 6.37. The van der Waals surface area contributed by atoms with Crippen molar-refractivity contribution in [1.29, 1.82) is 0 Å². The van der Waals surface area contributed by atoms with Crippen molar-refractivity contribution in [3.8, 4) is 0 Å². The Morgan fingerprint density at radius 1 is 1.33 bits per heavy atom. The first-order valence-electron chi connectivity index (χ1n) is 3.49. The maximum Gasteiger partial charge on any atom is 0.488 e. The second-order valence-corrected chi connectivity index (χ2v) is 2.47. The summed E-state index contributed by atoms with van der Waals surface area (Å²) in [6.45, 7) is 0.178. The van der Waals surface area contributed by atoms with E-state index in [1.165, 1.54) is 12.1 Å². The average molecular weight is 169 g/mol. The van der Waals surface area contributed by atoms with Crippen molar-refractivity contribution in [3.63, 3.8) is 0 Å². The molecule has 0 saturated carbocycles. The van der Waals surface area contributed by atoms with Crippen LogP contribution in [0.15, 0.2) is 18.2 Å². The Morgan fingerprint density at radius 2 is 2.00 bits per heavy atom. The van der Waals surface area contributed by atoms with Gasteiger partial charge in [-0.25, -0.2) is 4.39 Å². The fourth-order valence-corrected chi connectivity index (χ4v) is 0.942. The van der Waals surface area contributed by atoms with E-state index in [0.29, 0.717) is 5.56 Å². The van der Waals surface area contributed by atoms with E-state index in [9.17, 15) is 4.39 Å². The Balaban J connectivity index is 3.06. The number of halogens is 1. The van der Waals surface area contributed by atoms with Gasteiger partial charge in [-0.3, -0.25) is 0 Å². The lowest BCUT2D eigenvalue weighted by molar-refractivity contribution is 0.425. The van der Waals surface area contributed by atoms with Crippen molar-refractivity contribution in [1.82, 2.24) is 0 Å². The smallest absolute Gasteiger partial charge is 0.423 e. The van der Waals surface area contributed by atoms with Crippen LogP contribution in [-0.4, -0.2) is 17.2 Å². The lowest BCUT2D eigenvalue weighted by Crippen LogP contribution is -2.30. The summed E-state index contributed by atoms with van der Waals surface area (Å²) in [5, 5.41) is 17.4. The van der Waals surface area contributed by atoms with E-state index in [4.69, 9.17) is 15.8 Å². The molecular weight excluding hydrogens is 160 g/mol. The first-order chi connectivity index (χ1) is 5.63. The number of rotatable bonds is 2. The minimum atomic E-state index is -1.65. The first kappa shape index (κ1) is 9.19. The summed E-state index contributed by atoms with van der Waals surface area (Å²) in [6.07, 6.45) is 0. The van der Waals surface area contributed by atoms with E-state index in [1.54, 1.807) is 0 Å². The van der Waals surface area contributed by atoms with Crippen LogP contribution in [0.3, 0.4) is 0 Å². The van der Waals surface area contributed by atoms with E-state index >= 15 is 0 Å². The van der Waals surface area contributed by atoms with Crippen LogP contribution >= 0.6 is 0 Å². The highest BCUT2D eigenvalue weighted by Gasteiger charge is 2.12. The van der Waals surface area contributed by atoms with Gasteiger partial charge in [0.05, 0.1) is 0 Å². The molecule has 0 atom stereocenters. The van der Waals surface area contributed by atoms with E-state index < -0.39 is 12.9 Å². The van der Waals surface area contributed by atoms with Gasteiger partial charge in [0, 0.05) is 6.54 Å². The molecule has 0 heterocycles. The van der Waals surface area contributed by atoms with Crippen LogP contribution in [0, 0.1) is 5.82 Å². The van der Waals surface area contributed by atoms with E-state index in [-0.39, 0.29) is 12.0 Å². The van der Waals surface area contributed by atoms with Crippen LogP contribution in [0.2, 0.25) is 0 Å². The van der Waals surface area contributed by atoms with Crippen LogP contribution in [0.25, 0.3) is 0 Å². The van der Waals surface area contributed by atoms with Gasteiger partial charge in [0.25, 0.3) is 0 Å². The van der Waals surface area contributed by atoms with Crippen molar-refractivity contribution >= 4 is 12.6 Å². The van der Waals surface area contributed by atoms with Gasteiger partial charge in [0.2, 0.25) is 0 Å². The maximum atomic E-state index is 12.7. The molecule has 5 heteroatoms. The molecular formula is C7H9BFNO2. The van der Waals surface area contributed by atoms with Gasteiger partial charge in [-0.15, -0.1) is 0 Å². The molecule has 0 bridgehead atoms. The number of nitrogens with two attached hydrogens (primary N) is 1. The van der Waals surface area contributed by atoms with Crippen LogP contribution < -0.4 is 11.2 Å². The largest absolute Gasteiger partial charge is 0.488 e. The molecule has 64 valence electrons. The van der Waals surface area contributed by atoms with Crippen LogP contribution in [0.4, 0.5) is 4.39 Å². The fraction of sp³-hybridized carbons (Fsp3) is 0.143. The second-order valence-electron chi connectivity index (χ2n) is 2.47. The monoisotopic (exact) mass is 169 g/mol. The van der Waals surface area contributed by atoms with Crippen LogP contribution in [-0.2, 0) is 6.54 Å². The third-order valence-electron chi connectivity index (χ3n) is 1.51. The van der Waals surface area contributed by atoms with Gasteiger partial charge in [-0.05, 0) is 23.2 Å². The molecule has 0 amide bonds. The first-order valence-corrected chi connectivity index (χ1v) is 3.49. The van der Waals surface area contributed by atoms with E-state index in [1.807, 2.05) is 0 Å². The Labute approximate surface area is 69.8 Å². The van der Waals surface area contributed by atoms with Gasteiger partial charge in [-0.2, -0.15) is 0 Å². The van der Waals surface area contributed by atoms with Crippen molar-refractivity contribution in [3.05, 3.63) is 29.6 Å². The summed E-state index contributed by atoms with van der Waals surface area (Å²) < 4.78 is 12.7. The lowest BCUT2D eigenvalue weighted by atomic mass is 9.79. The second kappa shape index (κ2) is 3.66. The number of hydrogen-bond acceptors (Lipinski definition) is 3. The van der Waals surface area contributed by atoms with Gasteiger partial charge >= 0.3 is 7.12 Å². The van der Waals surface area contributed by atoms with Gasteiger partial charge in [0.15, 0.2) is 0 Å². The van der Waals surface area contributed by atoms with Crippen LogP contribution in [0.5, 0.6) is 0 Å². The van der Waals surface area contributed by atoms with Crippen molar-refractivity contribution in [2.24, 2.45) is 5.73 Å². The molecule has 1 aromatic rings. The molecule has 0 aliphatic carbocycles. The molecule has 1 aromatic carbocycles.